The van der Waals surface area contributed by atoms with Crippen LogP contribution in [0.2, 0.25) is 0 Å². The Morgan fingerprint density at radius 3 is 2.21 bits per heavy atom. The number of para-hydroxylation sites is 1. The molecule has 0 amide bonds. The number of hydrogen-bond donors (Lipinski definition) is 0. The van der Waals surface area contributed by atoms with Gasteiger partial charge >= 0.3 is 12.4 Å². The van der Waals surface area contributed by atoms with E-state index in [-0.39, 0.29) is 5.69 Å². The number of alkyl halides is 6. The van der Waals surface area contributed by atoms with Crippen LogP contribution in [-0.2, 0) is 6.18 Å². The Morgan fingerprint density at radius 2 is 1.59 bits per heavy atom. The molecule has 154 valence electrons. The quantitative estimate of drug-likeness (QED) is 0.334. The fraction of sp³-hybridized carbons (Fsp3) is 0.250. The summed E-state index contributed by atoms with van der Waals surface area (Å²) in [4.78, 5) is 0.353. The van der Waals surface area contributed by atoms with Gasteiger partial charge in [0.1, 0.15) is 0 Å². The van der Waals surface area contributed by atoms with Crippen LogP contribution in [0.3, 0.4) is 0 Å². The lowest BCUT2D eigenvalue weighted by atomic mass is 10.1. The van der Waals surface area contributed by atoms with E-state index in [1.807, 2.05) is 0 Å². The minimum absolute atomic E-state index is 0.153. The van der Waals surface area contributed by atoms with Crippen LogP contribution in [0.1, 0.15) is 16.8 Å². The van der Waals surface area contributed by atoms with E-state index in [4.69, 9.17) is 0 Å². The Labute approximate surface area is 167 Å². The van der Waals surface area contributed by atoms with Crippen LogP contribution in [0.4, 0.5) is 26.3 Å². The van der Waals surface area contributed by atoms with Crippen molar-refractivity contribution in [1.82, 2.24) is 9.78 Å². The Morgan fingerprint density at radius 1 is 0.897 bits per heavy atom. The fourth-order valence-corrected chi connectivity index (χ4v) is 3.61. The topological polar surface area (TPSA) is 17.8 Å². The molecule has 0 radical (unpaired) electrons. The van der Waals surface area contributed by atoms with E-state index in [1.165, 1.54) is 10.7 Å². The van der Waals surface area contributed by atoms with E-state index in [0.717, 1.165) is 6.07 Å². The number of thioether (sulfide) groups is 1. The van der Waals surface area contributed by atoms with Gasteiger partial charge in [0.15, 0.2) is 5.69 Å². The van der Waals surface area contributed by atoms with Gasteiger partial charge in [-0.05, 0) is 43.2 Å². The van der Waals surface area contributed by atoms with E-state index in [0.29, 0.717) is 39.0 Å². The number of halogens is 6. The zero-order valence-corrected chi connectivity index (χ0v) is 16.2. The van der Waals surface area contributed by atoms with Crippen LogP contribution in [0, 0.1) is 13.8 Å². The Balaban J connectivity index is 2.13. The number of aryl methyl sites for hydroxylation is 2. The van der Waals surface area contributed by atoms with Crippen molar-refractivity contribution < 1.29 is 26.3 Å². The normalized spacial score (nSPS) is 12.4. The molecule has 0 bridgehead atoms. The van der Waals surface area contributed by atoms with Gasteiger partial charge in [0.25, 0.3) is 0 Å². The lowest BCUT2D eigenvalue weighted by molar-refractivity contribution is -0.141. The average Bonchev–Trinajstić information content (AvgIpc) is 3.06. The highest BCUT2D eigenvalue weighted by molar-refractivity contribution is 7.99. The van der Waals surface area contributed by atoms with Gasteiger partial charge in [-0.15, -0.1) is 11.8 Å². The molecule has 3 aromatic rings. The van der Waals surface area contributed by atoms with Crippen molar-refractivity contribution in [2.24, 2.45) is 0 Å². The van der Waals surface area contributed by atoms with Crippen molar-refractivity contribution in [2.45, 2.75) is 31.1 Å². The predicted molar refractivity (Wildman–Crippen MR) is 100 cm³/mol. The highest BCUT2D eigenvalue weighted by atomic mass is 32.2. The first-order valence-corrected chi connectivity index (χ1v) is 9.48. The lowest BCUT2D eigenvalue weighted by Crippen LogP contribution is -2.10. The van der Waals surface area contributed by atoms with E-state index < -0.39 is 23.8 Å². The Hall–Kier alpha value is -2.42. The number of nitrogens with zero attached hydrogens (tertiary/aromatic N) is 2. The van der Waals surface area contributed by atoms with Gasteiger partial charge in [-0.2, -0.15) is 31.4 Å². The Bertz CT molecular complexity index is 1020. The first-order chi connectivity index (χ1) is 13.5. The molecular weight excluding hydrogens is 414 g/mol. The summed E-state index contributed by atoms with van der Waals surface area (Å²) < 4.78 is 78.9. The predicted octanol–water partition coefficient (Wildman–Crippen LogP) is 6.83. The molecule has 0 spiro atoms. The maximum absolute atomic E-state index is 13.3. The van der Waals surface area contributed by atoms with Crippen LogP contribution in [-0.4, -0.2) is 21.7 Å². The summed E-state index contributed by atoms with van der Waals surface area (Å²) in [6.45, 7) is 3.40. The molecular formula is C20H16F6N2S. The van der Waals surface area contributed by atoms with Gasteiger partial charge in [0, 0.05) is 10.5 Å². The van der Waals surface area contributed by atoms with Crippen molar-refractivity contribution in [1.29, 1.82) is 0 Å². The smallest absolute Gasteiger partial charge is 0.232 e. The van der Waals surface area contributed by atoms with Gasteiger partial charge in [0.2, 0.25) is 0 Å². The van der Waals surface area contributed by atoms with Gasteiger partial charge in [-0.25, -0.2) is 4.68 Å². The number of hydrogen-bond acceptors (Lipinski definition) is 2. The maximum Gasteiger partial charge on any atom is 0.435 e. The molecule has 0 atom stereocenters. The molecule has 1 aromatic heterocycles. The second-order valence-corrected chi connectivity index (χ2v) is 7.51. The van der Waals surface area contributed by atoms with Crippen LogP contribution in [0.15, 0.2) is 53.4 Å². The second-order valence-electron chi connectivity index (χ2n) is 6.49. The zero-order chi connectivity index (χ0) is 21.4. The third-order valence-electron chi connectivity index (χ3n) is 4.22. The zero-order valence-electron chi connectivity index (χ0n) is 15.4. The molecule has 0 N–H and O–H groups in total. The van der Waals surface area contributed by atoms with E-state index in [9.17, 15) is 26.3 Å². The highest BCUT2D eigenvalue weighted by Crippen LogP contribution is 2.36. The molecule has 1 heterocycles. The molecule has 0 unspecified atom stereocenters. The third kappa shape index (κ3) is 4.95. The van der Waals surface area contributed by atoms with Crippen molar-refractivity contribution >= 4 is 11.8 Å². The van der Waals surface area contributed by atoms with Crippen LogP contribution >= 0.6 is 11.8 Å². The number of benzene rings is 2. The lowest BCUT2D eigenvalue weighted by Gasteiger charge is -2.13. The minimum atomic E-state index is -4.65. The second kappa shape index (κ2) is 7.78. The molecule has 29 heavy (non-hydrogen) atoms. The molecule has 0 aliphatic rings. The molecule has 0 fully saturated rings. The monoisotopic (exact) mass is 430 g/mol. The molecule has 0 saturated carbocycles. The van der Waals surface area contributed by atoms with Crippen molar-refractivity contribution in [3.05, 3.63) is 65.4 Å². The fourth-order valence-electron chi connectivity index (χ4n) is 2.78. The molecule has 3 rings (SSSR count). The summed E-state index contributed by atoms with van der Waals surface area (Å²) in [5.74, 6) is -1.08. The van der Waals surface area contributed by atoms with Crippen LogP contribution in [0.5, 0.6) is 0 Å². The first-order valence-electron chi connectivity index (χ1n) is 8.49. The average molecular weight is 430 g/mol. The summed E-state index contributed by atoms with van der Waals surface area (Å²) >= 11 is 0.603. The maximum atomic E-state index is 13.3. The van der Waals surface area contributed by atoms with Crippen molar-refractivity contribution in [2.75, 3.05) is 5.75 Å². The molecule has 0 saturated heterocycles. The molecule has 9 heteroatoms. The molecule has 2 aromatic carbocycles. The summed E-state index contributed by atoms with van der Waals surface area (Å²) in [6, 6.07) is 12.4. The highest BCUT2D eigenvalue weighted by Gasteiger charge is 2.35. The first kappa shape index (κ1) is 21.3. The van der Waals surface area contributed by atoms with Crippen LogP contribution < -0.4 is 0 Å². The standard InChI is InChI=1S/C20H16F6N2S/c1-12-5-3-4-6-15(12)28-16(10-18(27-28)20(24,25)26)14-8-7-13(2)17(9-14)29-11-19(21,22)23/h3-10H,11H2,1-2H3. The summed E-state index contributed by atoms with van der Waals surface area (Å²) in [6.07, 6.45) is -9.00. The van der Waals surface area contributed by atoms with Crippen LogP contribution in [0.25, 0.3) is 16.9 Å². The summed E-state index contributed by atoms with van der Waals surface area (Å²) in [5, 5.41) is 3.73. The van der Waals surface area contributed by atoms with Gasteiger partial charge < -0.3 is 0 Å². The minimum Gasteiger partial charge on any atom is -0.232 e. The van der Waals surface area contributed by atoms with Gasteiger partial charge in [-0.3, -0.25) is 0 Å². The van der Waals surface area contributed by atoms with Crippen molar-refractivity contribution in [3.63, 3.8) is 0 Å². The largest absolute Gasteiger partial charge is 0.435 e. The van der Waals surface area contributed by atoms with Crippen molar-refractivity contribution in [3.8, 4) is 16.9 Å². The molecule has 2 nitrogen and oxygen atoms in total. The SMILES string of the molecule is Cc1ccc(-c2cc(C(F)(F)F)nn2-c2ccccc2C)cc1SCC(F)(F)F. The molecule has 0 aliphatic carbocycles. The van der Waals surface area contributed by atoms with E-state index in [1.54, 1.807) is 50.2 Å². The summed E-state index contributed by atoms with van der Waals surface area (Å²) in [7, 11) is 0. The van der Waals surface area contributed by atoms with Gasteiger partial charge in [-0.1, -0.05) is 30.3 Å². The molecule has 0 aliphatic heterocycles. The third-order valence-corrected chi connectivity index (χ3v) is 5.44. The summed E-state index contributed by atoms with van der Waals surface area (Å²) in [5.41, 5.74) is 1.22. The number of rotatable bonds is 4. The Kier molecular flexibility index (Phi) is 5.71. The van der Waals surface area contributed by atoms with E-state index >= 15 is 0 Å². The van der Waals surface area contributed by atoms with E-state index in [2.05, 4.69) is 5.10 Å². The number of aromatic nitrogens is 2. The van der Waals surface area contributed by atoms with Gasteiger partial charge in [0.05, 0.1) is 17.1 Å².